The number of ether oxygens (including phenoxy) is 1. The van der Waals surface area contributed by atoms with E-state index < -0.39 is 11.6 Å². The van der Waals surface area contributed by atoms with Crippen molar-refractivity contribution in [2.45, 2.75) is 26.4 Å². The number of carbonyl (C=O) groups is 2. The Kier molecular flexibility index (Phi) is 3.70. The predicted octanol–water partition coefficient (Wildman–Crippen LogP) is 3.11. The highest BCUT2D eigenvalue weighted by atomic mass is 35.5. The predicted molar refractivity (Wildman–Crippen MR) is 62.0 cm³/mol. The lowest BCUT2D eigenvalue weighted by molar-refractivity contribution is 0.00685. The van der Waals surface area contributed by atoms with Crippen LogP contribution < -0.4 is 0 Å². The van der Waals surface area contributed by atoms with E-state index >= 15 is 0 Å². The molecular weight excluding hydrogens is 228 g/mol. The SMILES string of the molecule is CC(C)(C)OC(=O)c1c(Cl)cccc1C=O. The van der Waals surface area contributed by atoms with Crippen LogP contribution >= 0.6 is 11.6 Å². The van der Waals surface area contributed by atoms with Gasteiger partial charge in [0.05, 0.1) is 10.6 Å². The average molecular weight is 241 g/mol. The van der Waals surface area contributed by atoms with Crippen LogP contribution in [-0.4, -0.2) is 17.9 Å². The summed E-state index contributed by atoms with van der Waals surface area (Å²) >= 11 is 5.87. The van der Waals surface area contributed by atoms with Crippen molar-refractivity contribution in [2.24, 2.45) is 0 Å². The molecule has 1 aromatic rings. The molecule has 4 heteroatoms. The van der Waals surface area contributed by atoms with Gasteiger partial charge in [0.15, 0.2) is 6.29 Å². The summed E-state index contributed by atoms with van der Waals surface area (Å²) in [7, 11) is 0. The quantitative estimate of drug-likeness (QED) is 0.589. The van der Waals surface area contributed by atoms with E-state index in [4.69, 9.17) is 16.3 Å². The minimum Gasteiger partial charge on any atom is -0.456 e. The fourth-order valence-corrected chi connectivity index (χ4v) is 1.44. The van der Waals surface area contributed by atoms with Crippen molar-refractivity contribution in [3.63, 3.8) is 0 Å². The van der Waals surface area contributed by atoms with E-state index in [0.29, 0.717) is 6.29 Å². The fraction of sp³-hybridized carbons (Fsp3) is 0.333. The standard InChI is InChI=1S/C12H13ClO3/c1-12(2,3)16-11(15)10-8(7-14)5-4-6-9(10)13/h4-7H,1-3H3. The summed E-state index contributed by atoms with van der Waals surface area (Å²) in [4.78, 5) is 22.6. The molecule has 86 valence electrons. The van der Waals surface area contributed by atoms with Crippen LogP contribution in [0, 0.1) is 0 Å². The molecule has 0 radical (unpaired) electrons. The molecule has 0 unspecified atom stereocenters. The molecule has 0 heterocycles. The lowest BCUT2D eigenvalue weighted by Gasteiger charge is -2.20. The lowest BCUT2D eigenvalue weighted by Crippen LogP contribution is -2.24. The maximum atomic E-state index is 11.8. The second-order valence-electron chi connectivity index (χ2n) is 4.32. The van der Waals surface area contributed by atoms with E-state index in [9.17, 15) is 9.59 Å². The van der Waals surface area contributed by atoms with Crippen molar-refractivity contribution in [2.75, 3.05) is 0 Å². The molecule has 0 saturated carbocycles. The first-order valence-electron chi connectivity index (χ1n) is 4.82. The monoisotopic (exact) mass is 240 g/mol. The van der Waals surface area contributed by atoms with Gasteiger partial charge in [-0.15, -0.1) is 0 Å². The number of hydrogen-bond acceptors (Lipinski definition) is 3. The molecule has 0 aliphatic heterocycles. The van der Waals surface area contributed by atoms with Crippen molar-refractivity contribution in [3.8, 4) is 0 Å². The minimum atomic E-state index is -0.615. The molecule has 0 aromatic heterocycles. The Balaban J connectivity index is 3.12. The number of carbonyl (C=O) groups excluding carboxylic acids is 2. The largest absolute Gasteiger partial charge is 0.456 e. The van der Waals surface area contributed by atoms with Crippen LogP contribution in [0.15, 0.2) is 18.2 Å². The third-order valence-electron chi connectivity index (χ3n) is 1.78. The first kappa shape index (κ1) is 12.7. The number of benzene rings is 1. The van der Waals surface area contributed by atoms with Gasteiger partial charge < -0.3 is 4.74 Å². The molecule has 0 bridgehead atoms. The minimum absolute atomic E-state index is 0.120. The molecule has 0 atom stereocenters. The summed E-state index contributed by atoms with van der Waals surface area (Å²) in [5.41, 5.74) is -0.257. The van der Waals surface area contributed by atoms with Gasteiger partial charge in [-0.3, -0.25) is 4.79 Å². The Hall–Kier alpha value is -1.35. The summed E-state index contributed by atoms with van der Waals surface area (Å²) in [5, 5.41) is 0.221. The van der Waals surface area contributed by atoms with Crippen molar-refractivity contribution in [3.05, 3.63) is 34.3 Å². The zero-order valence-electron chi connectivity index (χ0n) is 9.41. The van der Waals surface area contributed by atoms with Gasteiger partial charge in [0.25, 0.3) is 0 Å². The second-order valence-corrected chi connectivity index (χ2v) is 4.73. The summed E-state index contributed by atoms with van der Waals surface area (Å²) in [6, 6.07) is 4.69. The van der Waals surface area contributed by atoms with E-state index in [1.807, 2.05) is 0 Å². The summed E-state index contributed by atoms with van der Waals surface area (Å²) in [5.74, 6) is -0.583. The van der Waals surface area contributed by atoms with Gasteiger partial charge in [-0.05, 0) is 26.8 Å². The maximum absolute atomic E-state index is 11.8. The number of halogens is 1. The van der Waals surface area contributed by atoms with Gasteiger partial charge in [0, 0.05) is 5.56 Å². The van der Waals surface area contributed by atoms with Gasteiger partial charge >= 0.3 is 5.97 Å². The van der Waals surface area contributed by atoms with Crippen LogP contribution in [-0.2, 0) is 4.74 Å². The molecule has 0 aliphatic rings. The molecule has 0 saturated heterocycles. The van der Waals surface area contributed by atoms with Gasteiger partial charge in [-0.1, -0.05) is 23.7 Å². The van der Waals surface area contributed by atoms with Crippen LogP contribution in [0.2, 0.25) is 5.02 Å². The first-order chi connectivity index (χ1) is 7.35. The molecule has 1 aromatic carbocycles. The van der Waals surface area contributed by atoms with Crippen LogP contribution in [0.3, 0.4) is 0 Å². The number of hydrogen-bond donors (Lipinski definition) is 0. The number of esters is 1. The molecular formula is C12H13ClO3. The maximum Gasteiger partial charge on any atom is 0.340 e. The van der Waals surface area contributed by atoms with Gasteiger partial charge in [0.1, 0.15) is 5.60 Å². The van der Waals surface area contributed by atoms with Crippen LogP contribution in [0.1, 0.15) is 41.5 Å². The van der Waals surface area contributed by atoms with Crippen molar-refractivity contribution in [1.29, 1.82) is 0 Å². The van der Waals surface area contributed by atoms with E-state index in [0.717, 1.165) is 0 Å². The third-order valence-corrected chi connectivity index (χ3v) is 2.09. The van der Waals surface area contributed by atoms with Crippen molar-refractivity contribution in [1.82, 2.24) is 0 Å². The fourth-order valence-electron chi connectivity index (χ4n) is 1.18. The zero-order valence-corrected chi connectivity index (χ0v) is 10.2. The highest BCUT2D eigenvalue weighted by Gasteiger charge is 2.22. The molecule has 0 N–H and O–H groups in total. The van der Waals surface area contributed by atoms with Crippen LogP contribution in [0.5, 0.6) is 0 Å². The van der Waals surface area contributed by atoms with E-state index in [2.05, 4.69) is 0 Å². The third kappa shape index (κ3) is 3.07. The molecule has 0 spiro atoms. The summed E-state index contributed by atoms with van der Waals surface area (Å²) < 4.78 is 5.16. The zero-order chi connectivity index (χ0) is 12.3. The van der Waals surface area contributed by atoms with E-state index in [1.165, 1.54) is 6.07 Å². The Morgan fingerprint density at radius 3 is 2.50 bits per heavy atom. The normalized spacial score (nSPS) is 11.0. The lowest BCUT2D eigenvalue weighted by atomic mass is 10.1. The number of aldehydes is 1. The molecule has 0 aliphatic carbocycles. The Morgan fingerprint density at radius 2 is 2.00 bits per heavy atom. The van der Waals surface area contributed by atoms with E-state index in [-0.39, 0.29) is 16.1 Å². The summed E-state index contributed by atoms with van der Waals surface area (Å²) in [6.45, 7) is 5.26. The highest BCUT2D eigenvalue weighted by Crippen LogP contribution is 2.22. The van der Waals surface area contributed by atoms with Crippen molar-refractivity contribution < 1.29 is 14.3 Å². The molecule has 0 fully saturated rings. The second kappa shape index (κ2) is 4.66. The topological polar surface area (TPSA) is 43.4 Å². The van der Waals surface area contributed by atoms with Crippen LogP contribution in [0.4, 0.5) is 0 Å². The van der Waals surface area contributed by atoms with Gasteiger partial charge in [0.2, 0.25) is 0 Å². The van der Waals surface area contributed by atoms with Crippen LogP contribution in [0.25, 0.3) is 0 Å². The molecule has 1 rings (SSSR count). The number of rotatable bonds is 2. The smallest absolute Gasteiger partial charge is 0.340 e. The van der Waals surface area contributed by atoms with Crippen molar-refractivity contribution >= 4 is 23.9 Å². The summed E-state index contributed by atoms with van der Waals surface area (Å²) in [6.07, 6.45) is 0.588. The molecule has 16 heavy (non-hydrogen) atoms. The Bertz CT molecular complexity index is 419. The Morgan fingerprint density at radius 1 is 1.38 bits per heavy atom. The molecule has 0 amide bonds. The first-order valence-corrected chi connectivity index (χ1v) is 5.20. The van der Waals surface area contributed by atoms with E-state index in [1.54, 1.807) is 32.9 Å². The molecule has 3 nitrogen and oxygen atoms in total. The Labute approximate surface area is 99.4 Å². The van der Waals surface area contributed by atoms with Gasteiger partial charge in [-0.25, -0.2) is 4.79 Å². The van der Waals surface area contributed by atoms with Gasteiger partial charge in [-0.2, -0.15) is 0 Å². The highest BCUT2D eigenvalue weighted by molar-refractivity contribution is 6.34. The average Bonchev–Trinajstić information content (AvgIpc) is 2.14.